The van der Waals surface area contributed by atoms with Crippen LogP contribution in [0.15, 0.2) is 30.3 Å². The molecule has 1 aliphatic rings. The molecule has 0 aromatic heterocycles. The quantitative estimate of drug-likeness (QED) is 0.763. The number of hydrogen-bond acceptors (Lipinski definition) is 4. The molecule has 0 saturated carbocycles. The van der Waals surface area contributed by atoms with Crippen molar-refractivity contribution in [1.82, 2.24) is 5.32 Å². The number of ketones is 1. The highest BCUT2D eigenvalue weighted by Gasteiger charge is 2.43. The van der Waals surface area contributed by atoms with E-state index in [1.807, 2.05) is 0 Å². The molecule has 0 aliphatic carbocycles. The average Bonchev–Trinajstić information content (AvgIpc) is 2.95. The first kappa shape index (κ1) is 15.2. The van der Waals surface area contributed by atoms with Crippen molar-refractivity contribution in [1.29, 1.82) is 0 Å². The van der Waals surface area contributed by atoms with Crippen molar-refractivity contribution in [3.05, 3.63) is 35.9 Å². The maximum Gasteiger partial charge on any atom is 0.331 e. The first-order chi connectivity index (χ1) is 10.0. The number of nitrogens with one attached hydrogen (secondary N) is 1. The molecule has 1 saturated heterocycles. The number of aliphatic carboxylic acids is 1. The minimum Gasteiger partial charge on any atom is -0.479 e. The number of benzene rings is 1. The van der Waals surface area contributed by atoms with Crippen LogP contribution in [0.4, 0.5) is 0 Å². The van der Waals surface area contributed by atoms with Crippen LogP contribution in [-0.4, -0.2) is 41.5 Å². The van der Waals surface area contributed by atoms with Crippen molar-refractivity contribution in [2.75, 3.05) is 13.2 Å². The highest BCUT2D eigenvalue weighted by Crippen LogP contribution is 2.19. The Hall–Kier alpha value is -2.21. The maximum atomic E-state index is 11.9. The lowest BCUT2D eigenvalue weighted by atomic mass is 9.98. The molecular formula is C15H17NO5. The van der Waals surface area contributed by atoms with Crippen LogP contribution >= 0.6 is 0 Å². The predicted octanol–water partition coefficient (Wildman–Crippen LogP) is 1.01. The van der Waals surface area contributed by atoms with Gasteiger partial charge in [-0.15, -0.1) is 0 Å². The summed E-state index contributed by atoms with van der Waals surface area (Å²) < 4.78 is 5.06. The summed E-state index contributed by atoms with van der Waals surface area (Å²) in [5.74, 6) is -1.70. The van der Waals surface area contributed by atoms with E-state index in [-0.39, 0.29) is 31.7 Å². The zero-order chi connectivity index (χ0) is 15.3. The average molecular weight is 291 g/mol. The summed E-state index contributed by atoms with van der Waals surface area (Å²) in [4.78, 5) is 35.0. The smallest absolute Gasteiger partial charge is 0.331 e. The van der Waals surface area contributed by atoms with E-state index >= 15 is 0 Å². The summed E-state index contributed by atoms with van der Waals surface area (Å²) in [7, 11) is 0. The third-order valence-corrected chi connectivity index (χ3v) is 3.48. The molecule has 1 amide bonds. The number of carboxylic acid groups (broad SMARTS) is 1. The zero-order valence-corrected chi connectivity index (χ0v) is 11.5. The number of ether oxygens (including phenoxy) is 1. The number of Topliss-reactive ketones (excluding diaryl/α,β-unsaturated/α-hetero) is 1. The first-order valence-electron chi connectivity index (χ1n) is 6.74. The van der Waals surface area contributed by atoms with E-state index in [0.29, 0.717) is 12.2 Å². The van der Waals surface area contributed by atoms with Crippen LogP contribution in [0.5, 0.6) is 0 Å². The fourth-order valence-electron chi connectivity index (χ4n) is 2.21. The molecule has 1 aromatic carbocycles. The lowest BCUT2D eigenvalue weighted by Crippen LogP contribution is -2.55. The summed E-state index contributed by atoms with van der Waals surface area (Å²) in [6.07, 6.45) is 0.246. The van der Waals surface area contributed by atoms with Crippen LogP contribution in [-0.2, 0) is 14.3 Å². The molecule has 0 radical (unpaired) electrons. The Balaban J connectivity index is 1.87. The molecule has 21 heavy (non-hydrogen) atoms. The molecule has 1 aromatic rings. The number of hydrogen-bond donors (Lipinski definition) is 2. The second-order valence-electron chi connectivity index (χ2n) is 5.03. The van der Waals surface area contributed by atoms with Gasteiger partial charge in [0.15, 0.2) is 11.3 Å². The normalized spacial score (nSPS) is 21.0. The minimum absolute atomic E-state index is 0.0389. The van der Waals surface area contributed by atoms with Gasteiger partial charge in [-0.25, -0.2) is 4.79 Å². The van der Waals surface area contributed by atoms with Crippen LogP contribution in [0.2, 0.25) is 0 Å². The van der Waals surface area contributed by atoms with E-state index in [4.69, 9.17) is 4.74 Å². The predicted molar refractivity (Wildman–Crippen MR) is 74.0 cm³/mol. The van der Waals surface area contributed by atoms with Gasteiger partial charge in [0.25, 0.3) is 0 Å². The third-order valence-electron chi connectivity index (χ3n) is 3.48. The van der Waals surface area contributed by atoms with E-state index in [1.165, 1.54) is 0 Å². The highest BCUT2D eigenvalue weighted by atomic mass is 16.5. The summed E-state index contributed by atoms with van der Waals surface area (Å²) >= 11 is 0. The van der Waals surface area contributed by atoms with Crippen LogP contribution in [0.25, 0.3) is 0 Å². The second kappa shape index (κ2) is 6.49. The van der Waals surface area contributed by atoms with Gasteiger partial charge < -0.3 is 15.2 Å². The molecule has 2 rings (SSSR count). The van der Waals surface area contributed by atoms with E-state index < -0.39 is 17.4 Å². The van der Waals surface area contributed by atoms with Gasteiger partial charge in [-0.1, -0.05) is 30.3 Å². The van der Waals surface area contributed by atoms with Crippen molar-refractivity contribution in [2.24, 2.45) is 0 Å². The number of amides is 1. The topological polar surface area (TPSA) is 92.7 Å². The molecule has 0 bridgehead atoms. The third kappa shape index (κ3) is 3.66. The number of carboxylic acids is 1. The largest absolute Gasteiger partial charge is 0.479 e. The molecule has 1 atom stereocenters. The van der Waals surface area contributed by atoms with Crippen LogP contribution in [0.1, 0.15) is 29.6 Å². The van der Waals surface area contributed by atoms with Gasteiger partial charge in [0.1, 0.15) is 0 Å². The Morgan fingerprint density at radius 3 is 2.48 bits per heavy atom. The summed E-state index contributed by atoms with van der Waals surface area (Å²) in [5, 5.41) is 11.7. The van der Waals surface area contributed by atoms with E-state index in [1.54, 1.807) is 30.3 Å². The second-order valence-corrected chi connectivity index (χ2v) is 5.03. The molecule has 1 unspecified atom stereocenters. The van der Waals surface area contributed by atoms with Crippen molar-refractivity contribution in [3.63, 3.8) is 0 Å². The van der Waals surface area contributed by atoms with E-state index in [0.717, 1.165) is 0 Å². The molecule has 6 nitrogen and oxygen atoms in total. The van der Waals surface area contributed by atoms with Crippen LogP contribution < -0.4 is 5.32 Å². The highest BCUT2D eigenvalue weighted by molar-refractivity contribution is 5.98. The number of carbonyl (C=O) groups is 3. The fourth-order valence-corrected chi connectivity index (χ4v) is 2.21. The first-order valence-corrected chi connectivity index (χ1v) is 6.74. The Bertz CT molecular complexity index is 534. The number of rotatable bonds is 6. The number of carbonyl (C=O) groups excluding carboxylic acids is 2. The lowest BCUT2D eigenvalue weighted by Gasteiger charge is -2.23. The SMILES string of the molecule is O=C(CCC(=O)c1ccccc1)NC1(C(=O)O)CCOC1. The summed E-state index contributed by atoms with van der Waals surface area (Å²) in [6.45, 7) is 0.260. The minimum atomic E-state index is -1.35. The van der Waals surface area contributed by atoms with E-state index in [2.05, 4.69) is 5.32 Å². The molecular weight excluding hydrogens is 274 g/mol. The summed E-state index contributed by atoms with van der Waals surface area (Å²) in [5.41, 5.74) is -0.810. The Labute approximate surface area is 122 Å². The Kier molecular flexibility index (Phi) is 4.70. The molecule has 1 aliphatic heterocycles. The van der Waals surface area contributed by atoms with Crippen LogP contribution in [0.3, 0.4) is 0 Å². The molecule has 2 N–H and O–H groups in total. The van der Waals surface area contributed by atoms with Crippen molar-refractivity contribution in [2.45, 2.75) is 24.8 Å². The maximum absolute atomic E-state index is 11.9. The van der Waals surface area contributed by atoms with Gasteiger partial charge in [0, 0.05) is 31.4 Å². The van der Waals surface area contributed by atoms with Crippen molar-refractivity contribution >= 4 is 17.7 Å². The lowest BCUT2D eigenvalue weighted by molar-refractivity contribution is -0.147. The molecule has 1 fully saturated rings. The van der Waals surface area contributed by atoms with Gasteiger partial charge in [0.05, 0.1) is 6.61 Å². The van der Waals surface area contributed by atoms with Crippen molar-refractivity contribution < 1.29 is 24.2 Å². The molecule has 1 heterocycles. The van der Waals surface area contributed by atoms with E-state index in [9.17, 15) is 19.5 Å². The van der Waals surface area contributed by atoms with Gasteiger partial charge >= 0.3 is 5.97 Å². The monoisotopic (exact) mass is 291 g/mol. The van der Waals surface area contributed by atoms with Crippen molar-refractivity contribution in [3.8, 4) is 0 Å². The Morgan fingerprint density at radius 1 is 1.19 bits per heavy atom. The molecule has 6 heteroatoms. The molecule has 112 valence electrons. The van der Waals surface area contributed by atoms with Gasteiger partial charge in [-0.05, 0) is 0 Å². The van der Waals surface area contributed by atoms with Gasteiger partial charge in [-0.2, -0.15) is 0 Å². The molecule has 0 spiro atoms. The van der Waals surface area contributed by atoms with Gasteiger partial charge in [0.2, 0.25) is 5.91 Å². The fraction of sp³-hybridized carbons (Fsp3) is 0.400. The zero-order valence-electron chi connectivity index (χ0n) is 11.5. The summed E-state index contributed by atoms with van der Waals surface area (Å²) in [6, 6.07) is 8.68. The standard InChI is InChI=1S/C15H17NO5/c17-12(11-4-2-1-3-5-11)6-7-13(18)16-15(14(19)20)8-9-21-10-15/h1-5H,6-10H2,(H,16,18)(H,19,20). The van der Waals surface area contributed by atoms with Gasteiger partial charge in [-0.3, -0.25) is 9.59 Å². The van der Waals surface area contributed by atoms with Crippen LogP contribution in [0, 0.1) is 0 Å². The Morgan fingerprint density at radius 2 is 1.90 bits per heavy atom.